The molecule has 1 aromatic heterocycles. The average molecular weight is 413 g/mol. The molecule has 1 saturated heterocycles. The van der Waals surface area contributed by atoms with Crippen molar-refractivity contribution >= 4 is 22.8 Å². The highest BCUT2D eigenvalue weighted by Gasteiger charge is 2.40. The SMILES string of the molecule is CCN(CC(=O)OC)C(=O)C1CC(C2CCOCC2)Cc2c1n(C)c1ccccc21. The standard InChI is InChI=1S/C24H32N2O4/c1-4-26(15-22(27)29-3)24(28)20-14-17(16-9-11-30-12-10-16)13-19-18-7-5-6-8-21(18)25(2)23(19)20/h5-8,16-17,20H,4,9-15H2,1-3H3. The third-order valence-electron chi connectivity index (χ3n) is 7.07. The van der Waals surface area contributed by atoms with Crippen molar-refractivity contribution in [1.82, 2.24) is 9.47 Å². The van der Waals surface area contributed by atoms with Crippen LogP contribution in [0.5, 0.6) is 0 Å². The molecule has 6 nitrogen and oxygen atoms in total. The first-order valence-corrected chi connectivity index (χ1v) is 11.0. The van der Waals surface area contributed by atoms with Crippen LogP contribution >= 0.6 is 0 Å². The topological polar surface area (TPSA) is 60.8 Å². The summed E-state index contributed by atoms with van der Waals surface area (Å²) < 4.78 is 12.6. The minimum absolute atomic E-state index is 0.00352. The van der Waals surface area contributed by atoms with E-state index in [0.29, 0.717) is 18.4 Å². The molecule has 30 heavy (non-hydrogen) atoms. The number of amides is 1. The predicted octanol–water partition coefficient (Wildman–Crippen LogP) is 3.27. The summed E-state index contributed by atoms with van der Waals surface area (Å²) in [5.74, 6) is 0.463. The van der Waals surface area contributed by atoms with Gasteiger partial charge in [0.15, 0.2) is 0 Å². The maximum absolute atomic E-state index is 13.7. The molecule has 6 heteroatoms. The maximum Gasteiger partial charge on any atom is 0.325 e. The highest BCUT2D eigenvalue weighted by atomic mass is 16.5. The van der Waals surface area contributed by atoms with Crippen molar-refractivity contribution in [3.05, 3.63) is 35.5 Å². The van der Waals surface area contributed by atoms with Gasteiger partial charge in [0, 0.05) is 43.4 Å². The van der Waals surface area contributed by atoms with Crippen molar-refractivity contribution in [3.8, 4) is 0 Å². The molecule has 162 valence electrons. The van der Waals surface area contributed by atoms with E-state index in [-0.39, 0.29) is 24.3 Å². The van der Waals surface area contributed by atoms with Crippen LogP contribution < -0.4 is 0 Å². The first-order chi connectivity index (χ1) is 14.5. The number of aryl methyl sites for hydroxylation is 1. The fraction of sp³-hybridized carbons (Fsp3) is 0.583. The van der Waals surface area contributed by atoms with Gasteiger partial charge in [0.05, 0.1) is 13.0 Å². The lowest BCUT2D eigenvalue weighted by Gasteiger charge is -2.38. The van der Waals surface area contributed by atoms with Crippen molar-refractivity contribution in [3.63, 3.8) is 0 Å². The molecule has 0 spiro atoms. The summed E-state index contributed by atoms with van der Waals surface area (Å²) in [6, 6.07) is 8.43. The summed E-state index contributed by atoms with van der Waals surface area (Å²) >= 11 is 0. The number of aromatic nitrogens is 1. The molecule has 2 aromatic rings. The van der Waals surface area contributed by atoms with Crippen LogP contribution in [-0.4, -0.2) is 54.8 Å². The number of para-hydroxylation sites is 1. The second-order valence-corrected chi connectivity index (χ2v) is 8.57. The van der Waals surface area contributed by atoms with Gasteiger partial charge in [-0.25, -0.2) is 0 Å². The van der Waals surface area contributed by atoms with Crippen LogP contribution in [0.3, 0.4) is 0 Å². The molecule has 0 saturated carbocycles. The number of nitrogens with zero attached hydrogens (tertiary/aromatic N) is 2. The van der Waals surface area contributed by atoms with Crippen LogP contribution in [0.4, 0.5) is 0 Å². The summed E-state index contributed by atoms with van der Waals surface area (Å²) in [6.07, 6.45) is 3.96. The zero-order valence-corrected chi connectivity index (χ0v) is 18.2. The van der Waals surface area contributed by atoms with E-state index in [0.717, 1.165) is 44.6 Å². The van der Waals surface area contributed by atoms with Crippen LogP contribution in [0.2, 0.25) is 0 Å². The van der Waals surface area contributed by atoms with E-state index in [1.54, 1.807) is 4.90 Å². The lowest BCUT2D eigenvalue weighted by Crippen LogP contribution is -2.42. The fourth-order valence-corrected chi connectivity index (χ4v) is 5.46. The molecule has 1 aliphatic carbocycles. The zero-order chi connectivity index (χ0) is 21.3. The van der Waals surface area contributed by atoms with Crippen molar-refractivity contribution in [2.75, 3.05) is 33.4 Å². The number of esters is 1. The van der Waals surface area contributed by atoms with E-state index in [2.05, 4.69) is 35.9 Å². The second-order valence-electron chi connectivity index (χ2n) is 8.57. The molecule has 0 radical (unpaired) electrons. The summed E-state index contributed by atoms with van der Waals surface area (Å²) in [5, 5.41) is 1.25. The number of likely N-dealkylation sites (N-methyl/N-ethyl adjacent to an activating group) is 1. The van der Waals surface area contributed by atoms with Crippen molar-refractivity contribution in [1.29, 1.82) is 0 Å². The number of carbonyl (C=O) groups is 2. The van der Waals surface area contributed by atoms with Crippen LogP contribution in [0.25, 0.3) is 10.9 Å². The van der Waals surface area contributed by atoms with E-state index in [4.69, 9.17) is 9.47 Å². The lowest BCUT2D eigenvalue weighted by molar-refractivity contribution is -0.147. The Hall–Kier alpha value is -2.34. The third-order valence-corrected chi connectivity index (χ3v) is 7.07. The van der Waals surface area contributed by atoms with Gasteiger partial charge in [0.25, 0.3) is 0 Å². The normalized spacial score (nSPS) is 22.0. The van der Waals surface area contributed by atoms with Gasteiger partial charge in [-0.2, -0.15) is 0 Å². The smallest absolute Gasteiger partial charge is 0.325 e. The van der Waals surface area contributed by atoms with Gasteiger partial charge in [0.1, 0.15) is 6.54 Å². The summed E-state index contributed by atoms with van der Waals surface area (Å²) in [4.78, 5) is 27.2. The molecule has 4 rings (SSSR count). The van der Waals surface area contributed by atoms with E-state index >= 15 is 0 Å². The lowest BCUT2D eigenvalue weighted by atomic mass is 9.71. The number of fused-ring (bicyclic) bond motifs is 3. The fourth-order valence-electron chi connectivity index (χ4n) is 5.46. The molecule has 2 atom stereocenters. The quantitative estimate of drug-likeness (QED) is 0.707. The molecule has 1 amide bonds. The minimum Gasteiger partial charge on any atom is -0.468 e. The molecule has 1 aliphatic heterocycles. The van der Waals surface area contributed by atoms with Crippen LogP contribution in [0, 0.1) is 11.8 Å². The Labute approximate surface area is 178 Å². The Morgan fingerprint density at radius 2 is 1.93 bits per heavy atom. The molecule has 2 heterocycles. The summed E-state index contributed by atoms with van der Waals surface area (Å²) in [5.41, 5.74) is 3.60. The molecule has 1 aromatic carbocycles. The van der Waals surface area contributed by atoms with Gasteiger partial charge < -0.3 is 18.9 Å². The summed E-state index contributed by atoms with van der Waals surface area (Å²) in [7, 11) is 3.43. The van der Waals surface area contributed by atoms with E-state index in [1.807, 2.05) is 6.92 Å². The molecular formula is C24H32N2O4. The number of benzene rings is 1. The highest BCUT2D eigenvalue weighted by Crippen LogP contribution is 2.45. The molecule has 0 bridgehead atoms. The van der Waals surface area contributed by atoms with E-state index < -0.39 is 0 Å². The predicted molar refractivity (Wildman–Crippen MR) is 115 cm³/mol. The zero-order valence-electron chi connectivity index (χ0n) is 18.2. The largest absolute Gasteiger partial charge is 0.468 e. The van der Waals surface area contributed by atoms with Gasteiger partial charge >= 0.3 is 5.97 Å². The van der Waals surface area contributed by atoms with Gasteiger partial charge in [-0.1, -0.05) is 18.2 Å². The number of rotatable bonds is 5. The van der Waals surface area contributed by atoms with Crippen LogP contribution in [0.1, 0.15) is 43.4 Å². The Morgan fingerprint density at radius 3 is 2.63 bits per heavy atom. The minimum atomic E-state index is -0.376. The van der Waals surface area contributed by atoms with Gasteiger partial charge in [0.2, 0.25) is 5.91 Å². The molecule has 1 fully saturated rings. The molecule has 0 N–H and O–H groups in total. The van der Waals surface area contributed by atoms with Crippen molar-refractivity contribution < 1.29 is 19.1 Å². The van der Waals surface area contributed by atoms with Gasteiger partial charge in [-0.05, 0) is 56.1 Å². The monoisotopic (exact) mass is 412 g/mol. The number of hydrogen-bond acceptors (Lipinski definition) is 4. The Morgan fingerprint density at radius 1 is 1.20 bits per heavy atom. The van der Waals surface area contributed by atoms with E-state index in [1.165, 1.54) is 23.6 Å². The average Bonchev–Trinajstić information content (AvgIpc) is 3.09. The molecular weight excluding hydrogens is 380 g/mol. The maximum atomic E-state index is 13.7. The second kappa shape index (κ2) is 8.80. The number of hydrogen-bond donors (Lipinski definition) is 0. The van der Waals surface area contributed by atoms with Crippen molar-refractivity contribution in [2.45, 2.75) is 38.5 Å². The van der Waals surface area contributed by atoms with Crippen LogP contribution in [-0.2, 0) is 32.5 Å². The number of carbonyl (C=O) groups excluding carboxylic acids is 2. The van der Waals surface area contributed by atoms with Crippen molar-refractivity contribution in [2.24, 2.45) is 18.9 Å². The Balaban J connectivity index is 1.74. The Kier molecular flexibility index (Phi) is 6.14. The molecule has 2 unspecified atom stereocenters. The Bertz CT molecular complexity index is 929. The first-order valence-electron chi connectivity index (χ1n) is 11.0. The first kappa shape index (κ1) is 20.9. The van der Waals surface area contributed by atoms with Gasteiger partial charge in [-0.3, -0.25) is 9.59 Å². The third kappa shape index (κ3) is 3.73. The van der Waals surface area contributed by atoms with Crippen LogP contribution in [0.15, 0.2) is 24.3 Å². The number of methoxy groups -OCH3 is 1. The highest BCUT2D eigenvalue weighted by molar-refractivity contribution is 5.92. The molecule has 2 aliphatic rings. The van der Waals surface area contributed by atoms with E-state index in [9.17, 15) is 9.59 Å². The van der Waals surface area contributed by atoms with Gasteiger partial charge in [-0.15, -0.1) is 0 Å². The number of ether oxygens (including phenoxy) is 2. The summed E-state index contributed by atoms with van der Waals surface area (Å²) in [6.45, 7) is 4.04.